The molecule has 0 aliphatic rings. The minimum Gasteiger partial charge on any atom is -0.468 e. The third-order valence-electron chi connectivity index (χ3n) is 1.92. The Balaban J connectivity index is 1.90. The van der Waals surface area contributed by atoms with Crippen LogP contribution in [-0.2, 0) is 0 Å². The van der Waals surface area contributed by atoms with Crippen molar-refractivity contribution in [3.8, 4) is 5.19 Å². The molecule has 0 aliphatic carbocycles. The van der Waals surface area contributed by atoms with Crippen molar-refractivity contribution < 1.29 is 4.74 Å². The molecule has 1 unspecified atom stereocenters. The summed E-state index contributed by atoms with van der Waals surface area (Å²) in [4.78, 5) is 4.02. The number of benzene rings is 1. The van der Waals surface area contributed by atoms with Crippen LogP contribution in [0.4, 0.5) is 0 Å². The number of hydrogen-bond donors (Lipinski definition) is 0. The Morgan fingerprint density at radius 3 is 2.80 bits per heavy atom. The minimum atomic E-state index is -0.130. The fraction of sp³-hybridized carbons (Fsp3) is 0.182. The molecule has 1 heterocycles. The molecule has 1 atom stereocenters. The van der Waals surface area contributed by atoms with E-state index in [2.05, 4.69) is 4.98 Å². The van der Waals surface area contributed by atoms with Crippen LogP contribution in [0.1, 0.15) is 10.9 Å². The van der Waals surface area contributed by atoms with Crippen LogP contribution >= 0.6 is 22.9 Å². The SMILES string of the molecule is ClC(COc1nccs1)c1ccccc1. The van der Waals surface area contributed by atoms with Gasteiger partial charge in [0.05, 0.1) is 5.38 Å². The highest BCUT2D eigenvalue weighted by Gasteiger charge is 2.08. The first-order valence-corrected chi connectivity index (χ1v) is 5.89. The Hall–Kier alpha value is -1.06. The molecule has 0 saturated heterocycles. The Morgan fingerprint density at radius 1 is 1.33 bits per heavy atom. The van der Waals surface area contributed by atoms with Gasteiger partial charge in [-0.15, -0.1) is 11.6 Å². The molecule has 0 N–H and O–H groups in total. The standard InChI is InChI=1S/C11H10ClNOS/c12-10(9-4-2-1-3-5-9)8-14-11-13-6-7-15-11/h1-7,10H,8H2. The zero-order chi connectivity index (χ0) is 10.5. The van der Waals surface area contributed by atoms with E-state index >= 15 is 0 Å². The monoisotopic (exact) mass is 239 g/mol. The van der Waals surface area contributed by atoms with Crippen LogP contribution in [0.15, 0.2) is 41.9 Å². The van der Waals surface area contributed by atoms with E-state index in [9.17, 15) is 0 Å². The van der Waals surface area contributed by atoms with Gasteiger partial charge in [0.1, 0.15) is 6.61 Å². The highest BCUT2D eigenvalue weighted by atomic mass is 35.5. The predicted molar refractivity (Wildman–Crippen MR) is 62.6 cm³/mol. The van der Waals surface area contributed by atoms with E-state index in [4.69, 9.17) is 16.3 Å². The van der Waals surface area contributed by atoms with Crippen molar-refractivity contribution >= 4 is 22.9 Å². The fourth-order valence-corrected chi connectivity index (χ4v) is 1.89. The average molecular weight is 240 g/mol. The van der Waals surface area contributed by atoms with Crippen LogP contribution in [0, 0.1) is 0 Å². The third kappa shape index (κ3) is 2.94. The molecule has 0 bridgehead atoms. The van der Waals surface area contributed by atoms with Gasteiger partial charge in [-0.2, -0.15) is 0 Å². The first-order chi connectivity index (χ1) is 7.36. The molecule has 0 spiro atoms. The highest BCUT2D eigenvalue weighted by molar-refractivity contribution is 7.11. The molecule has 78 valence electrons. The van der Waals surface area contributed by atoms with Crippen molar-refractivity contribution in [2.45, 2.75) is 5.38 Å². The number of thiazole rings is 1. The van der Waals surface area contributed by atoms with Gasteiger partial charge < -0.3 is 4.74 Å². The topological polar surface area (TPSA) is 22.1 Å². The zero-order valence-electron chi connectivity index (χ0n) is 7.97. The van der Waals surface area contributed by atoms with Gasteiger partial charge in [0.2, 0.25) is 0 Å². The number of halogens is 1. The summed E-state index contributed by atoms with van der Waals surface area (Å²) in [7, 11) is 0. The van der Waals surface area contributed by atoms with Crippen LogP contribution in [0.3, 0.4) is 0 Å². The first-order valence-electron chi connectivity index (χ1n) is 4.57. The van der Waals surface area contributed by atoms with E-state index in [1.165, 1.54) is 11.3 Å². The lowest BCUT2D eigenvalue weighted by atomic mass is 10.2. The maximum atomic E-state index is 6.17. The summed E-state index contributed by atoms with van der Waals surface area (Å²) in [6.45, 7) is 0.444. The summed E-state index contributed by atoms with van der Waals surface area (Å²) in [6, 6.07) is 9.88. The van der Waals surface area contributed by atoms with Crippen LogP contribution in [0.5, 0.6) is 5.19 Å². The van der Waals surface area contributed by atoms with Crippen LogP contribution in [0.25, 0.3) is 0 Å². The second-order valence-corrected chi connectivity index (χ2v) is 4.37. The number of aromatic nitrogens is 1. The molecular weight excluding hydrogens is 230 g/mol. The maximum absolute atomic E-state index is 6.17. The summed E-state index contributed by atoms with van der Waals surface area (Å²) in [5, 5.41) is 2.41. The van der Waals surface area contributed by atoms with Crippen molar-refractivity contribution in [1.82, 2.24) is 4.98 Å². The zero-order valence-corrected chi connectivity index (χ0v) is 9.54. The molecule has 1 aromatic heterocycles. The molecule has 2 nitrogen and oxygen atoms in total. The lowest BCUT2D eigenvalue weighted by Crippen LogP contribution is -2.04. The van der Waals surface area contributed by atoms with Gasteiger partial charge in [-0.1, -0.05) is 41.7 Å². The normalized spacial score (nSPS) is 12.3. The first kappa shape index (κ1) is 10.5. The van der Waals surface area contributed by atoms with E-state index < -0.39 is 0 Å². The van der Waals surface area contributed by atoms with Gasteiger partial charge in [-0.25, -0.2) is 4.98 Å². The average Bonchev–Trinajstić information content (AvgIpc) is 2.80. The number of hydrogen-bond acceptors (Lipinski definition) is 3. The van der Waals surface area contributed by atoms with Crippen molar-refractivity contribution in [3.05, 3.63) is 47.5 Å². The molecule has 1 aromatic carbocycles. The summed E-state index contributed by atoms with van der Waals surface area (Å²) >= 11 is 7.64. The minimum absolute atomic E-state index is 0.130. The molecule has 0 radical (unpaired) electrons. The summed E-state index contributed by atoms with van der Waals surface area (Å²) in [5.41, 5.74) is 1.07. The lowest BCUT2D eigenvalue weighted by Gasteiger charge is -2.09. The molecule has 0 fully saturated rings. The van der Waals surface area contributed by atoms with Crippen molar-refractivity contribution in [3.63, 3.8) is 0 Å². The maximum Gasteiger partial charge on any atom is 0.273 e. The predicted octanol–water partition coefficient (Wildman–Crippen LogP) is 3.50. The molecule has 0 aliphatic heterocycles. The Morgan fingerprint density at radius 2 is 2.13 bits per heavy atom. The largest absolute Gasteiger partial charge is 0.468 e. The number of ether oxygens (including phenoxy) is 1. The smallest absolute Gasteiger partial charge is 0.273 e. The van der Waals surface area contributed by atoms with Gasteiger partial charge in [0.15, 0.2) is 0 Å². The lowest BCUT2D eigenvalue weighted by molar-refractivity contribution is 0.315. The Labute approximate surface area is 97.5 Å². The molecular formula is C11H10ClNOS. The number of alkyl halides is 1. The van der Waals surface area contributed by atoms with Crippen LogP contribution < -0.4 is 4.74 Å². The van der Waals surface area contributed by atoms with Gasteiger partial charge in [-0.3, -0.25) is 0 Å². The van der Waals surface area contributed by atoms with Crippen molar-refractivity contribution in [2.75, 3.05) is 6.61 Å². The van der Waals surface area contributed by atoms with Crippen molar-refractivity contribution in [1.29, 1.82) is 0 Å². The quantitative estimate of drug-likeness (QED) is 0.762. The van der Waals surface area contributed by atoms with Gasteiger partial charge in [0, 0.05) is 11.6 Å². The van der Waals surface area contributed by atoms with Crippen molar-refractivity contribution in [2.24, 2.45) is 0 Å². The van der Waals surface area contributed by atoms with Gasteiger partial charge in [-0.05, 0) is 5.56 Å². The van der Waals surface area contributed by atoms with Crippen LogP contribution in [-0.4, -0.2) is 11.6 Å². The Bertz CT molecular complexity index is 390. The van der Waals surface area contributed by atoms with E-state index in [1.54, 1.807) is 6.20 Å². The second kappa shape index (κ2) is 5.14. The second-order valence-electron chi connectivity index (χ2n) is 2.99. The molecule has 0 saturated carbocycles. The Kier molecular flexibility index (Phi) is 3.59. The molecule has 2 rings (SSSR count). The van der Waals surface area contributed by atoms with Gasteiger partial charge >= 0.3 is 0 Å². The third-order valence-corrected chi connectivity index (χ3v) is 2.98. The summed E-state index contributed by atoms with van der Waals surface area (Å²) in [5.74, 6) is 0. The molecule has 0 amide bonds. The molecule has 4 heteroatoms. The molecule has 15 heavy (non-hydrogen) atoms. The summed E-state index contributed by atoms with van der Waals surface area (Å²) < 4.78 is 5.44. The van der Waals surface area contributed by atoms with Gasteiger partial charge in [0.25, 0.3) is 5.19 Å². The van der Waals surface area contributed by atoms with E-state index in [1.807, 2.05) is 35.7 Å². The van der Waals surface area contributed by atoms with E-state index in [0.29, 0.717) is 11.8 Å². The van der Waals surface area contributed by atoms with Crippen LogP contribution in [0.2, 0.25) is 0 Å². The van der Waals surface area contributed by atoms with E-state index in [-0.39, 0.29) is 5.38 Å². The highest BCUT2D eigenvalue weighted by Crippen LogP contribution is 2.22. The fourth-order valence-electron chi connectivity index (χ4n) is 1.18. The summed E-state index contributed by atoms with van der Waals surface area (Å²) in [6.07, 6.45) is 1.71. The number of nitrogens with zero attached hydrogens (tertiary/aromatic N) is 1. The number of rotatable bonds is 4. The van der Waals surface area contributed by atoms with E-state index in [0.717, 1.165) is 5.56 Å². The molecule has 2 aromatic rings.